The van der Waals surface area contributed by atoms with Crippen LogP contribution in [0.2, 0.25) is 0 Å². The van der Waals surface area contributed by atoms with Crippen molar-refractivity contribution in [3.05, 3.63) is 23.9 Å². The summed E-state index contributed by atoms with van der Waals surface area (Å²) in [7, 11) is 0. The lowest BCUT2D eigenvalue weighted by Gasteiger charge is -2.18. The van der Waals surface area contributed by atoms with Gasteiger partial charge in [0.2, 0.25) is 11.7 Å². The van der Waals surface area contributed by atoms with Crippen LogP contribution in [0.3, 0.4) is 0 Å². The second-order valence-corrected chi connectivity index (χ2v) is 6.08. The van der Waals surface area contributed by atoms with E-state index in [9.17, 15) is 19.5 Å². The quantitative estimate of drug-likeness (QED) is 0.465. The van der Waals surface area contributed by atoms with Gasteiger partial charge in [-0.15, -0.1) is 0 Å². The van der Waals surface area contributed by atoms with Crippen LogP contribution < -0.4 is 16.4 Å². The van der Waals surface area contributed by atoms with E-state index in [0.717, 1.165) is 12.8 Å². The number of nitrogens with two attached hydrogens (primary N) is 1. The fraction of sp³-hybridized carbons (Fsp3) is 0.500. The number of hydrogen-bond donors (Lipinski definition) is 4. The molecule has 0 aromatic carbocycles. The third-order valence-electron chi connectivity index (χ3n) is 3.56. The van der Waals surface area contributed by atoms with Crippen LogP contribution in [0.5, 0.6) is 0 Å². The molecule has 0 aliphatic heterocycles. The summed E-state index contributed by atoms with van der Waals surface area (Å²) < 4.78 is 0. The van der Waals surface area contributed by atoms with Gasteiger partial charge in [-0.05, 0) is 31.4 Å². The van der Waals surface area contributed by atoms with E-state index in [1.54, 1.807) is 12.1 Å². The normalized spacial score (nSPS) is 16.1. The molecular formula is C16H22N4O4. The Balaban J connectivity index is 2.06. The van der Waals surface area contributed by atoms with Gasteiger partial charge >= 0.3 is 0 Å². The van der Waals surface area contributed by atoms with Crippen molar-refractivity contribution in [2.24, 2.45) is 0 Å². The number of carbonyl (C=O) groups excluding carboxylic acids is 3. The van der Waals surface area contributed by atoms with Crippen LogP contribution in [0.15, 0.2) is 18.3 Å². The minimum absolute atomic E-state index is 0.0495. The van der Waals surface area contributed by atoms with Gasteiger partial charge in [0.25, 0.3) is 5.91 Å². The van der Waals surface area contributed by atoms with Crippen molar-refractivity contribution in [2.75, 3.05) is 5.73 Å². The molecule has 0 radical (unpaired) electrons. The number of nitrogens with one attached hydrogen (secondary N) is 2. The molecule has 1 fully saturated rings. The van der Waals surface area contributed by atoms with Gasteiger partial charge in [0.15, 0.2) is 0 Å². The number of aliphatic hydroxyl groups is 1. The Bertz CT molecular complexity index is 611. The third kappa shape index (κ3) is 5.62. The van der Waals surface area contributed by atoms with Crippen LogP contribution in [0.25, 0.3) is 0 Å². The van der Waals surface area contributed by atoms with E-state index in [1.807, 2.05) is 0 Å². The van der Waals surface area contributed by atoms with E-state index >= 15 is 0 Å². The average Bonchev–Trinajstić information content (AvgIpc) is 3.31. The highest BCUT2D eigenvalue weighted by molar-refractivity contribution is 6.38. The molecule has 24 heavy (non-hydrogen) atoms. The van der Waals surface area contributed by atoms with Crippen LogP contribution in [0.1, 0.15) is 31.7 Å². The molecule has 1 aliphatic rings. The van der Waals surface area contributed by atoms with Gasteiger partial charge in [0.1, 0.15) is 11.9 Å². The Hall–Kier alpha value is -2.48. The minimum Gasteiger partial charge on any atom is -0.393 e. The zero-order chi connectivity index (χ0) is 17.7. The van der Waals surface area contributed by atoms with Gasteiger partial charge in [0.05, 0.1) is 12.5 Å². The summed E-state index contributed by atoms with van der Waals surface area (Å²) >= 11 is 0. The number of amides is 2. The van der Waals surface area contributed by atoms with Crippen molar-refractivity contribution in [2.45, 2.75) is 50.8 Å². The second-order valence-electron chi connectivity index (χ2n) is 6.08. The van der Waals surface area contributed by atoms with Crippen LogP contribution in [0, 0.1) is 0 Å². The molecule has 130 valence electrons. The van der Waals surface area contributed by atoms with Gasteiger partial charge in [0, 0.05) is 18.7 Å². The van der Waals surface area contributed by atoms with Crippen molar-refractivity contribution >= 4 is 23.4 Å². The summed E-state index contributed by atoms with van der Waals surface area (Å²) in [5.74, 6) is -1.57. The van der Waals surface area contributed by atoms with E-state index in [-0.39, 0.29) is 18.9 Å². The molecule has 1 aliphatic carbocycles. The highest BCUT2D eigenvalue weighted by atomic mass is 16.3. The average molecular weight is 334 g/mol. The molecule has 0 unspecified atom stereocenters. The molecule has 0 spiro atoms. The molecule has 0 bridgehead atoms. The first-order chi connectivity index (χ1) is 11.3. The Morgan fingerprint density at radius 3 is 2.62 bits per heavy atom. The summed E-state index contributed by atoms with van der Waals surface area (Å²) in [5, 5.41) is 14.4. The molecule has 0 saturated heterocycles. The number of pyridine rings is 1. The first-order valence-electron chi connectivity index (χ1n) is 7.87. The van der Waals surface area contributed by atoms with Crippen molar-refractivity contribution in [3.8, 4) is 0 Å². The number of nitrogen functional groups attached to an aromatic ring is 1. The van der Waals surface area contributed by atoms with Gasteiger partial charge in [-0.1, -0.05) is 6.07 Å². The standard InChI is InChI=1S/C16H22N4O4/c1-9(21)6-14(22)20-12(7-10-2-5-13(17)18-8-10)15(23)16(24)19-11-3-4-11/h2,5,8-9,11-12,21H,3-4,6-7H2,1H3,(H2,17,18)(H,19,24)(H,20,22)/t9-,12+/m1/s1. The molecule has 2 rings (SSSR count). The number of anilines is 1. The van der Waals surface area contributed by atoms with Crippen LogP contribution in [0.4, 0.5) is 5.82 Å². The number of rotatable bonds is 8. The number of Topliss-reactive ketones (excluding diaryl/α,β-unsaturated/α-hetero) is 1. The summed E-state index contributed by atoms with van der Waals surface area (Å²) in [4.78, 5) is 40.2. The summed E-state index contributed by atoms with van der Waals surface area (Å²) in [5.41, 5.74) is 6.19. The topological polar surface area (TPSA) is 134 Å². The number of aromatic nitrogens is 1. The largest absolute Gasteiger partial charge is 0.393 e. The van der Waals surface area contributed by atoms with Crippen molar-refractivity contribution in [1.82, 2.24) is 15.6 Å². The fourth-order valence-corrected chi connectivity index (χ4v) is 2.17. The van der Waals surface area contributed by atoms with Gasteiger partial charge in [-0.2, -0.15) is 0 Å². The Morgan fingerprint density at radius 1 is 1.38 bits per heavy atom. The second kappa shape index (κ2) is 7.87. The molecule has 1 aromatic rings. The Kier molecular flexibility index (Phi) is 5.86. The van der Waals surface area contributed by atoms with Crippen LogP contribution in [-0.2, 0) is 20.8 Å². The van der Waals surface area contributed by atoms with Crippen LogP contribution in [-0.4, -0.2) is 45.9 Å². The molecule has 2 atom stereocenters. The highest BCUT2D eigenvalue weighted by Gasteiger charge is 2.31. The molecular weight excluding hydrogens is 312 g/mol. The SMILES string of the molecule is C[C@@H](O)CC(=O)N[C@@H](Cc1ccc(N)nc1)C(=O)C(=O)NC1CC1. The maximum absolute atomic E-state index is 12.4. The summed E-state index contributed by atoms with van der Waals surface area (Å²) in [6.07, 6.45) is 2.36. The molecule has 2 amide bonds. The highest BCUT2D eigenvalue weighted by Crippen LogP contribution is 2.18. The van der Waals surface area contributed by atoms with Gasteiger partial charge in [-0.3, -0.25) is 14.4 Å². The Labute approximate surface area is 139 Å². The lowest BCUT2D eigenvalue weighted by Crippen LogP contribution is -2.49. The van der Waals surface area contributed by atoms with Crippen molar-refractivity contribution in [1.29, 1.82) is 0 Å². The zero-order valence-electron chi connectivity index (χ0n) is 13.5. The first kappa shape index (κ1) is 17.9. The number of carbonyl (C=O) groups is 3. The number of aliphatic hydroxyl groups excluding tert-OH is 1. The third-order valence-corrected chi connectivity index (χ3v) is 3.56. The predicted octanol–water partition coefficient (Wildman–Crippen LogP) is -0.690. The number of hydrogen-bond acceptors (Lipinski definition) is 6. The lowest BCUT2D eigenvalue weighted by atomic mass is 10.0. The van der Waals surface area contributed by atoms with Crippen LogP contribution >= 0.6 is 0 Å². The predicted molar refractivity (Wildman–Crippen MR) is 86.8 cm³/mol. The molecule has 1 saturated carbocycles. The van der Waals surface area contributed by atoms with E-state index < -0.39 is 29.7 Å². The first-order valence-corrected chi connectivity index (χ1v) is 7.87. The molecule has 8 heteroatoms. The maximum Gasteiger partial charge on any atom is 0.289 e. The Morgan fingerprint density at radius 2 is 2.08 bits per heavy atom. The fourth-order valence-electron chi connectivity index (χ4n) is 2.17. The molecule has 1 aromatic heterocycles. The number of nitrogens with zero attached hydrogens (tertiary/aromatic N) is 1. The molecule has 1 heterocycles. The smallest absolute Gasteiger partial charge is 0.289 e. The van der Waals surface area contributed by atoms with E-state index in [2.05, 4.69) is 15.6 Å². The van der Waals surface area contributed by atoms with E-state index in [0.29, 0.717) is 11.4 Å². The van der Waals surface area contributed by atoms with Crippen molar-refractivity contribution < 1.29 is 19.5 Å². The zero-order valence-corrected chi connectivity index (χ0v) is 13.5. The maximum atomic E-state index is 12.4. The van der Waals surface area contributed by atoms with E-state index in [1.165, 1.54) is 13.1 Å². The summed E-state index contributed by atoms with van der Waals surface area (Å²) in [6, 6.07) is 2.30. The van der Waals surface area contributed by atoms with Crippen molar-refractivity contribution in [3.63, 3.8) is 0 Å². The lowest BCUT2D eigenvalue weighted by molar-refractivity contribution is -0.140. The molecule has 8 nitrogen and oxygen atoms in total. The van der Waals surface area contributed by atoms with Gasteiger partial charge in [-0.25, -0.2) is 4.98 Å². The number of ketones is 1. The summed E-state index contributed by atoms with van der Waals surface area (Å²) in [6.45, 7) is 1.47. The van der Waals surface area contributed by atoms with E-state index in [4.69, 9.17) is 5.73 Å². The minimum atomic E-state index is -1.01. The monoisotopic (exact) mass is 334 g/mol. The van der Waals surface area contributed by atoms with Gasteiger partial charge < -0.3 is 21.5 Å². The molecule has 5 N–H and O–H groups in total.